The zero-order valence-electron chi connectivity index (χ0n) is 6.21. The van der Waals surface area contributed by atoms with Crippen LogP contribution < -0.4 is 0 Å². The van der Waals surface area contributed by atoms with Gasteiger partial charge in [0.25, 0.3) is 0 Å². The summed E-state index contributed by atoms with van der Waals surface area (Å²) in [5, 5.41) is 8.99. The van der Waals surface area contributed by atoms with Crippen LogP contribution >= 0.6 is 27.5 Å². The third-order valence-electron chi connectivity index (χ3n) is 1.28. The summed E-state index contributed by atoms with van der Waals surface area (Å²) in [6.07, 6.45) is -1.14. The molecule has 0 aromatic heterocycles. The van der Waals surface area contributed by atoms with Gasteiger partial charge in [-0.05, 0) is 22.9 Å². The first-order chi connectivity index (χ1) is 4.75. The van der Waals surface area contributed by atoms with Crippen molar-refractivity contribution in [3.63, 3.8) is 0 Å². The first-order valence-electron chi connectivity index (χ1n) is 3.04. The molecule has 0 bridgehead atoms. The van der Waals surface area contributed by atoms with Crippen LogP contribution in [0.5, 0.6) is 0 Å². The third-order valence-corrected chi connectivity index (χ3v) is 6.38. The van der Waals surface area contributed by atoms with E-state index in [0.717, 1.165) is 0 Å². The summed E-state index contributed by atoms with van der Waals surface area (Å²) in [6, 6.07) is 0. The molecule has 0 aromatic rings. The Morgan fingerprint density at radius 3 is 2.18 bits per heavy atom. The Morgan fingerprint density at radius 1 is 1.73 bits per heavy atom. The molecule has 1 N–H and O–H groups in total. The lowest BCUT2D eigenvalue weighted by Gasteiger charge is -2.22. The molecule has 0 aliphatic carbocycles. The molecule has 0 spiro atoms. The van der Waals surface area contributed by atoms with Gasteiger partial charge in [0, 0.05) is 0 Å². The van der Waals surface area contributed by atoms with Crippen LogP contribution in [0.25, 0.3) is 0 Å². The quantitative estimate of drug-likeness (QED) is 0.777. The summed E-state index contributed by atoms with van der Waals surface area (Å²) in [4.78, 5) is 0. The maximum absolute atomic E-state index is 11.1. The molecule has 0 unspecified atom stereocenters. The van der Waals surface area contributed by atoms with Gasteiger partial charge >= 0.3 is 0 Å². The van der Waals surface area contributed by atoms with Gasteiger partial charge in [-0.1, -0.05) is 18.5 Å². The van der Waals surface area contributed by atoms with Crippen LogP contribution in [0.4, 0.5) is 0 Å². The molecular formula is C5H10BrClO3S. The van der Waals surface area contributed by atoms with E-state index in [1.54, 1.807) is 0 Å². The average molecular weight is 266 g/mol. The number of sulfone groups is 1. The first kappa shape index (κ1) is 11.7. The van der Waals surface area contributed by atoms with Crippen LogP contribution in [0.3, 0.4) is 0 Å². The van der Waals surface area contributed by atoms with Gasteiger partial charge in [-0.3, -0.25) is 0 Å². The van der Waals surface area contributed by atoms with Crippen molar-refractivity contribution in [3.8, 4) is 0 Å². The molecule has 0 saturated heterocycles. The van der Waals surface area contributed by atoms with Gasteiger partial charge in [-0.15, -0.1) is 0 Å². The standard InChI is InChI=1S/C5H10BrClO3S/c1-3-11(9,10)5(6,7)4(2)8/h4,8H,3H2,1-2H3/t4-,5-/m1/s1. The second kappa shape index (κ2) is 3.60. The fraction of sp³-hybridized carbons (Fsp3) is 1.00. The van der Waals surface area contributed by atoms with E-state index in [0.29, 0.717) is 0 Å². The Bertz CT molecular complexity index is 222. The second-order valence-corrected chi connectivity index (χ2v) is 7.64. The number of rotatable bonds is 3. The smallest absolute Gasteiger partial charge is 0.224 e. The van der Waals surface area contributed by atoms with Crippen LogP contribution in [-0.4, -0.2) is 28.5 Å². The van der Waals surface area contributed by atoms with Crippen LogP contribution in [0.2, 0.25) is 0 Å². The summed E-state index contributed by atoms with van der Waals surface area (Å²) in [7, 11) is -3.46. The largest absolute Gasteiger partial charge is 0.390 e. The first-order valence-corrected chi connectivity index (χ1v) is 5.86. The van der Waals surface area contributed by atoms with Crippen LogP contribution in [0.1, 0.15) is 13.8 Å². The molecular weight excluding hydrogens is 255 g/mol. The molecule has 0 heterocycles. The maximum atomic E-state index is 11.1. The van der Waals surface area contributed by atoms with Crippen molar-refractivity contribution in [1.29, 1.82) is 0 Å². The molecule has 0 aliphatic heterocycles. The third kappa shape index (κ3) is 2.31. The molecule has 0 rings (SSSR count). The van der Waals surface area contributed by atoms with Crippen molar-refractivity contribution in [1.82, 2.24) is 0 Å². The topological polar surface area (TPSA) is 54.4 Å². The van der Waals surface area contributed by atoms with E-state index in [1.807, 2.05) is 0 Å². The van der Waals surface area contributed by atoms with Crippen molar-refractivity contribution in [2.75, 3.05) is 5.75 Å². The highest BCUT2D eigenvalue weighted by Gasteiger charge is 2.42. The number of halogens is 2. The molecule has 0 amide bonds. The van der Waals surface area contributed by atoms with Crippen LogP contribution in [0, 0.1) is 0 Å². The Kier molecular flexibility index (Phi) is 3.82. The molecule has 0 saturated carbocycles. The maximum Gasteiger partial charge on any atom is 0.224 e. The SMILES string of the molecule is CCS(=O)(=O)[C@@](Cl)(Br)[C@@H](C)O. The van der Waals surface area contributed by atoms with Crippen molar-refractivity contribution in [3.05, 3.63) is 0 Å². The number of aliphatic hydroxyl groups excluding tert-OH is 1. The molecule has 3 nitrogen and oxygen atoms in total. The normalized spacial score (nSPS) is 20.8. The highest BCUT2D eigenvalue weighted by Crippen LogP contribution is 2.34. The minimum Gasteiger partial charge on any atom is -0.390 e. The van der Waals surface area contributed by atoms with E-state index < -0.39 is 19.1 Å². The molecule has 6 heteroatoms. The minimum absolute atomic E-state index is 0.105. The lowest BCUT2D eigenvalue weighted by molar-refractivity contribution is 0.202. The predicted molar refractivity (Wildman–Crippen MR) is 48.7 cm³/mol. The van der Waals surface area contributed by atoms with Gasteiger partial charge in [-0.25, -0.2) is 8.42 Å². The molecule has 0 aliphatic rings. The predicted octanol–water partition coefficient (Wildman–Crippen LogP) is 1.09. The highest BCUT2D eigenvalue weighted by atomic mass is 79.9. The van der Waals surface area contributed by atoms with Gasteiger partial charge < -0.3 is 5.11 Å². The number of aliphatic hydroxyl groups is 1. The van der Waals surface area contributed by atoms with E-state index in [9.17, 15) is 8.42 Å². The summed E-state index contributed by atoms with van der Waals surface area (Å²) >= 11 is 8.30. The summed E-state index contributed by atoms with van der Waals surface area (Å²) in [5.41, 5.74) is 0. The average Bonchev–Trinajstić information content (AvgIpc) is 1.87. The molecule has 68 valence electrons. The summed E-state index contributed by atoms with van der Waals surface area (Å²) in [5.74, 6) is -0.105. The lowest BCUT2D eigenvalue weighted by Crippen LogP contribution is -2.37. The Morgan fingerprint density at radius 2 is 2.09 bits per heavy atom. The van der Waals surface area contributed by atoms with Crippen LogP contribution in [0.15, 0.2) is 0 Å². The number of hydrogen-bond acceptors (Lipinski definition) is 3. The van der Waals surface area contributed by atoms with Crippen molar-refractivity contribution in [2.45, 2.75) is 23.1 Å². The van der Waals surface area contributed by atoms with Gasteiger partial charge in [0.15, 0.2) is 9.84 Å². The molecule has 0 fully saturated rings. The Balaban J connectivity index is 4.85. The zero-order chi connectivity index (χ0) is 9.28. The molecule has 11 heavy (non-hydrogen) atoms. The van der Waals surface area contributed by atoms with Gasteiger partial charge in [0.2, 0.25) is 3.12 Å². The zero-order valence-corrected chi connectivity index (χ0v) is 9.37. The van der Waals surface area contributed by atoms with E-state index in [4.69, 9.17) is 16.7 Å². The Labute approximate surface area is 79.8 Å². The van der Waals surface area contributed by atoms with Gasteiger partial charge in [0.05, 0.1) is 11.9 Å². The number of hydrogen-bond donors (Lipinski definition) is 1. The highest BCUT2D eigenvalue weighted by molar-refractivity contribution is 9.12. The minimum atomic E-state index is -3.46. The van der Waals surface area contributed by atoms with E-state index in [-0.39, 0.29) is 5.75 Å². The fourth-order valence-corrected chi connectivity index (χ4v) is 2.37. The number of alkyl halides is 2. The molecule has 0 radical (unpaired) electrons. The second-order valence-electron chi connectivity index (χ2n) is 2.14. The fourth-order valence-electron chi connectivity index (χ4n) is 0.452. The lowest BCUT2D eigenvalue weighted by atomic mass is 10.5. The van der Waals surface area contributed by atoms with Crippen LogP contribution in [-0.2, 0) is 9.84 Å². The van der Waals surface area contributed by atoms with Crippen molar-refractivity contribution < 1.29 is 13.5 Å². The van der Waals surface area contributed by atoms with E-state index in [1.165, 1.54) is 13.8 Å². The van der Waals surface area contributed by atoms with E-state index >= 15 is 0 Å². The Hall–Kier alpha value is 0.680. The van der Waals surface area contributed by atoms with E-state index in [2.05, 4.69) is 15.9 Å². The monoisotopic (exact) mass is 264 g/mol. The van der Waals surface area contributed by atoms with Crippen molar-refractivity contribution >= 4 is 37.4 Å². The van der Waals surface area contributed by atoms with Gasteiger partial charge in [0.1, 0.15) is 0 Å². The van der Waals surface area contributed by atoms with Gasteiger partial charge in [-0.2, -0.15) is 0 Å². The van der Waals surface area contributed by atoms with Crippen molar-refractivity contribution in [2.24, 2.45) is 0 Å². The summed E-state index contributed by atoms with van der Waals surface area (Å²) in [6.45, 7) is 2.78. The molecule has 2 atom stereocenters. The molecule has 0 aromatic carbocycles. The summed E-state index contributed by atoms with van der Waals surface area (Å²) < 4.78 is 20.5.